The van der Waals surface area contributed by atoms with Gasteiger partial charge in [0.25, 0.3) is 5.91 Å². The Labute approximate surface area is 144 Å². The number of halogens is 1. The molecule has 6 nitrogen and oxygen atoms in total. The lowest BCUT2D eigenvalue weighted by Gasteiger charge is -2.08. The van der Waals surface area contributed by atoms with E-state index in [0.29, 0.717) is 22.0 Å². The average Bonchev–Trinajstić information content (AvgIpc) is 2.56. The number of hydrogen-bond acceptors (Lipinski definition) is 4. The summed E-state index contributed by atoms with van der Waals surface area (Å²) in [5, 5.41) is 7.33. The molecule has 7 heteroatoms. The zero-order chi connectivity index (χ0) is 17.5. The molecule has 0 fully saturated rings. The highest BCUT2D eigenvalue weighted by Crippen LogP contribution is 2.19. The second kappa shape index (κ2) is 8.21. The smallest absolute Gasteiger partial charge is 0.271 e. The number of anilines is 1. The number of nitrogens with zero attached hydrogens (tertiary/aromatic N) is 2. The van der Waals surface area contributed by atoms with Gasteiger partial charge in [0.1, 0.15) is 0 Å². The van der Waals surface area contributed by atoms with Crippen LogP contribution in [-0.4, -0.2) is 22.5 Å². The Bertz CT molecular complexity index is 775. The molecular formula is C17H17ClN4O2. The van der Waals surface area contributed by atoms with Crippen molar-refractivity contribution in [2.45, 2.75) is 20.3 Å². The summed E-state index contributed by atoms with van der Waals surface area (Å²) >= 11 is 5.88. The van der Waals surface area contributed by atoms with Crippen molar-refractivity contribution in [2.24, 2.45) is 5.10 Å². The molecule has 24 heavy (non-hydrogen) atoms. The first-order chi connectivity index (χ1) is 11.5. The van der Waals surface area contributed by atoms with E-state index in [4.69, 9.17) is 11.6 Å². The molecule has 0 aliphatic heterocycles. The summed E-state index contributed by atoms with van der Waals surface area (Å²) in [5.41, 5.74) is 4.91. The molecule has 0 aliphatic carbocycles. The van der Waals surface area contributed by atoms with Crippen LogP contribution in [0.5, 0.6) is 0 Å². The SMILES string of the molecule is CC(CC(=O)Nc1ccc(Cl)cc1C)=NNC(=O)c1ccncc1. The van der Waals surface area contributed by atoms with E-state index >= 15 is 0 Å². The van der Waals surface area contributed by atoms with Crippen LogP contribution in [0.4, 0.5) is 5.69 Å². The number of carbonyl (C=O) groups excluding carboxylic acids is 2. The third-order valence-corrected chi connectivity index (χ3v) is 3.40. The number of carbonyl (C=O) groups is 2. The van der Waals surface area contributed by atoms with Gasteiger partial charge in [-0.1, -0.05) is 11.6 Å². The van der Waals surface area contributed by atoms with E-state index in [-0.39, 0.29) is 18.2 Å². The Balaban J connectivity index is 1.90. The van der Waals surface area contributed by atoms with E-state index in [1.165, 1.54) is 12.4 Å². The van der Waals surface area contributed by atoms with E-state index in [0.717, 1.165) is 5.56 Å². The molecule has 2 rings (SSSR count). The summed E-state index contributed by atoms with van der Waals surface area (Å²) in [7, 11) is 0. The van der Waals surface area contributed by atoms with Crippen molar-refractivity contribution in [1.29, 1.82) is 0 Å². The van der Waals surface area contributed by atoms with Crippen LogP contribution in [0.3, 0.4) is 0 Å². The average molecular weight is 345 g/mol. The van der Waals surface area contributed by atoms with Gasteiger partial charge in [-0.05, 0) is 49.7 Å². The minimum Gasteiger partial charge on any atom is -0.326 e. The van der Waals surface area contributed by atoms with Gasteiger partial charge < -0.3 is 5.32 Å². The molecule has 124 valence electrons. The van der Waals surface area contributed by atoms with Crippen LogP contribution in [0.2, 0.25) is 5.02 Å². The molecule has 0 aliphatic rings. The van der Waals surface area contributed by atoms with Crippen LogP contribution in [0.1, 0.15) is 29.3 Å². The van der Waals surface area contributed by atoms with Gasteiger partial charge >= 0.3 is 0 Å². The fraction of sp³-hybridized carbons (Fsp3) is 0.176. The zero-order valence-electron chi connectivity index (χ0n) is 13.3. The van der Waals surface area contributed by atoms with E-state index in [9.17, 15) is 9.59 Å². The van der Waals surface area contributed by atoms with Gasteiger partial charge in [0.2, 0.25) is 5.91 Å². The molecule has 1 heterocycles. The summed E-state index contributed by atoms with van der Waals surface area (Å²) in [6.07, 6.45) is 3.11. The van der Waals surface area contributed by atoms with Crippen LogP contribution in [-0.2, 0) is 4.79 Å². The highest BCUT2D eigenvalue weighted by molar-refractivity contribution is 6.30. The largest absolute Gasteiger partial charge is 0.326 e. The fourth-order valence-electron chi connectivity index (χ4n) is 1.95. The lowest BCUT2D eigenvalue weighted by atomic mass is 10.2. The van der Waals surface area contributed by atoms with Gasteiger partial charge in [-0.2, -0.15) is 5.10 Å². The summed E-state index contributed by atoms with van der Waals surface area (Å²) in [4.78, 5) is 27.7. The topological polar surface area (TPSA) is 83.5 Å². The second-order valence-corrected chi connectivity index (χ2v) is 5.64. The Morgan fingerprint density at radius 2 is 1.92 bits per heavy atom. The van der Waals surface area contributed by atoms with Gasteiger partial charge in [-0.3, -0.25) is 14.6 Å². The minimum absolute atomic E-state index is 0.0681. The molecule has 1 aromatic heterocycles. The van der Waals surface area contributed by atoms with Crippen molar-refractivity contribution < 1.29 is 9.59 Å². The van der Waals surface area contributed by atoms with Crippen molar-refractivity contribution in [1.82, 2.24) is 10.4 Å². The first kappa shape index (κ1) is 17.6. The Kier molecular flexibility index (Phi) is 6.03. The molecule has 2 aromatic rings. The van der Waals surface area contributed by atoms with Crippen molar-refractivity contribution >= 4 is 34.8 Å². The van der Waals surface area contributed by atoms with Crippen LogP contribution in [0.25, 0.3) is 0 Å². The number of aromatic nitrogens is 1. The Morgan fingerprint density at radius 3 is 2.58 bits per heavy atom. The van der Waals surface area contributed by atoms with E-state index in [1.54, 1.807) is 37.3 Å². The van der Waals surface area contributed by atoms with Gasteiger partial charge in [0.15, 0.2) is 0 Å². The maximum absolute atomic E-state index is 12.0. The van der Waals surface area contributed by atoms with Crippen molar-refractivity contribution in [3.8, 4) is 0 Å². The highest BCUT2D eigenvalue weighted by atomic mass is 35.5. The lowest BCUT2D eigenvalue weighted by Crippen LogP contribution is -2.21. The molecule has 2 N–H and O–H groups in total. The molecule has 0 saturated carbocycles. The quantitative estimate of drug-likeness (QED) is 0.645. The maximum Gasteiger partial charge on any atom is 0.271 e. The third kappa shape index (κ3) is 5.17. The minimum atomic E-state index is -0.356. The number of nitrogens with one attached hydrogen (secondary N) is 2. The lowest BCUT2D eigenvalue weighted by molar-refractivity contribution is -0.115. The molecule has 0 unspecified atom stereocenters. The predicted molar refractivity (Wildman–Crippen MR) is 94.2 cm³/mol. The number of amides is 2. The molecule has 0 atom stereocenters. The monoisotopic (exact) mass is 344 g/mol. The number of rotatable bonds is 5. The van der Waals surface area contributed by atoms with Crippen LogP contribution in [0.15, 0.2) is 47.8 Å². The maximum atomic E-state index is 12.0. The zero-order valence-corrected chi connectivity index (χ0v) is 14.1. The summed E-state index contributed by atoms with van der Waals surface area (Å²) in [6.45, 7) is 3.53. The van der Waals surface area contributed by atoms with Crippen LogP contribution in [0, 0.1) is 6.92 Å². The van der Waals surface area contributed by atoms with Crippen molar-refractivity contribution in [3.05, 3.63) is 58.9 Å². The molecule has 0 bridgehead atoms. The van der Waals surface area contributed by atoms with Gasteiger partial charge in [0, 0.05) is 34.4 Å². The van der Waals surface area contributed by atoms with E-state index < -0.39 is 0 Å². The first-order valence-corrected chi connectivity index (χ1v) is 7.63. The number of hydrogen-bond donors (Lipinski definition) is 2. The van der Waals surface area contributed by atoms with Gasteiger partial charge in [-0.15, -0.1) is 0 Å². The molecule has 2 amide bonds. The second-order valence-electron chi connectivity index (χ2n) is 5.21. The van der Waals surface area contributed by atoms with E-state index in [1.807, 2.05) is 6.92 Å². The Hall–Kier alpha value is -2.73. The Morgan fingerprint density at radius 1 is 1.21 bits per heavy atom. The van der Waals surface area contributed by atoms with Gasteiger partial charge in [0.05, 0.1) is 6.42 Å². The molecule has 1 aromatic carbocycles. The standard InChI is InChI=1S/C17H17ClN4O2/c1-11-9-14(18)3-4-15(11)20-16(23)10-12(2)21-22-17(24)13-5-7-19-8-6-13/h3-9H,10H2,1-2H3,(H,20,23)(H,22,24). The third-order valence-electron chi connectivity index (χ3n) is 3.17. The predicted octanol–water partition coefficient (Wildman–Crippen LogP) is 3.18. The van der Waals surface area contributed by atoms with Crippen LogP contribution < -0.4 is 10.7 Å². The fourth-order valence-corrected chi connectivity index (χ4v) is 2.17. The number of benzene rings is 1. The number of aryl methyl sites for hydroxylation is 1. The van der Waals surface area contributed by atoms with Gasteiger partial charge in [-0.25, -0.2) is 5.43 Å². The summed E-state index contributed by atoms with van der Waals surface area (Å²) < 4.78 is 0. The summed E-state index contributed by atoms with van der Waals surface area (Å²) in [6, 6.07) is 8.38. The normalized spacial score (nSPS) is 11.0. The van der Waals surface area contributed by atoms with Crippen LogP contribution >= 0.6 is 11.6 Å². The number of hydrazone groups is 1. The molecule has 0 radical (unpaired) electrons. The highest BCUT2D eigenvalue weighted by Gasteiger charge is 2.08. The molecule has 0 spiro atoms. The van der Waals surface area contributed by atoms with E-state index in [2.05, 4.69) is 20.8 Å². The van der Waals surface area contributed by atoms with Crippen molar-refractivity contribution in [2.75, 3.05) is 5.32 Å². The van der Waals surface area contributed by atoms with Crippen molar-refractivity contribution in [3.63, 3.8) is 0 Å². The summed E-state index contributed by atoms with van der Waals surface area (Å²) in [5.74, 6) is -0.578. The number of pyridine rings is 1. The molecule has 0 saturated heterocycles. The molecular weight excluding hydrogens is 328 g/mol. The first-order valence-electron chi connectivity index (χ1n) is 7.25.